The summed E-state index contributed by atoms with van der Waals surface area (Å²) in [6.45, 7) is 2.97. The van der Waals surface area contributed by atoms with E-state index in [1.54, 1.807) is 6.07 Å². The Morgan fingerprint density at radius 2 is 2.23 bits per heavy atom. The molecule has 0 spiro atoms. The van der Waals surface area contributed by atoms with Crippen molar-refractivity contribution in [3.8, 4) is 11.3 Å². The Morgan fingerprint density at radius 3 is 3.00 bits per heavy atom. The molecule has 3 rings (SSSR count). The SMILES string of the molecule is CC[C@@H]1CCCCN1C(=O)c1cc(-c2ccccc2Cl)n[nH]1. The van der Waals surface area contributed by atoms with Crippen LogP contribution in [-0.4, -0.2) is 33.6 Å². The minimum atomic E-state index is 0.0392. The topological polar surface area (TPSA) is 49.0 Å². The summed E-state index contributed by atoms with van der Waals surface area (Å²) in [6.07, 6.45) is 4.37. The van der Waals surface area contributed by atoms with E-state index in [1.165, 1.54) is 6.42 Å². The smallest absolute Gasteiger partial charge is 0.272 e. The number of benzene rings is 1. The van der Waals surface area contributed by atoms with Crippen molar-refractivity contribution in [3.63, 3.8) is 0 Å². The molecule has 2 heterocycles. The molecule has 1 aliphatic heterocycles. The summed E-state index contributed by atoms with van der Waals surface area (Å²) < 4.78 is 0. The number of aromatic amines is 1. The van der Waals surface area contributed by atoms with Crippen LogP contribution in [0.15, 0.2) is 30.3 Å². The van der Waals surface area contributed by atoms with Crippen LogP contribution in [0.3, 0.4) is 0 Å². The van der Waals surface area contributed by atoms with Gasteiger partial charge in [0.05, 0.1) is 10.7 Å². The van der Waals surface area contributed by atoms with Crippen molar-refractivity contribution in [2.45, 2.75) is 38.6 Å². The van der Waals surface area contributed by atoms with Crippen LogP contribution >= 0.6 is 11.6 Å². The van der Waals surface area contributed by atoms with Gasteiger partial charge in [0.25, 0.3) is 5.91 Å². The van der Waals surface area contributed by atoms with E-state index < -0.39 is 0 Å². The van der Waals surface area contributed by atoms with E-state index in [1.807, 2.05) is 29.2 Å². The van der Waals surface area contributed by atoms with Gasteiger partial charge in [-0.1, -0.05) is 36.7 Å². The number of nitrogens with zero attached hydrogens (tertiary/aromatic N) is 2. The molecule has 1 amide bonds. The molecule has 0 saturated carbocycles. The molecule has 0 unspecified atom stereocenters. The molecule has 1 saturated heterocycles. The molecular formula is C17H20ClN3O. The molecule has 1 aliphatic rings. The molecular weight excluding hydrogens is 298 g/mol. The Balaban J connectivity index is 1.84. The van der Waals surface area contributed by atoms with Crippen molar-refractivity contribution in [1.29, 1.82) is 0 Å². The lowest BCUT2D eigenvalue weighted by molar-refractivity contribution is 0.0602. The van der Waals surface area contributed by atoms with Crippen LogP contribution in [0.2, 0.25) is 5.02 Å². The quantitative estimate of drug-likeness (QED) is 0.925. The number of H-pyrrole nitrogens is 1. The highest BCUT2D eigenvalue weighted by atomic mass is 35.5. The number of hydrogen-bond donors (Lipinski definition) is 1. The summed E-state index contributed by atoms with van der Waals surface area (Å²) in [5, 5.41) is 7.77. The van der Waals surface area contributed by atoms with Gasteiger partial charge in [-0.15, -0.1) is 0 Å². The second-order valence-corrected chi connectivity index (χ2v) is 6.11. The fraction of sp³-hybridized carbons (Fsp3) is 0.412. The van der Waals surface area contributed by atoms with Gasteiger partial charge in [-0.05, 0) is 37.8 Å². The first-order chi connectivity index (χ1) is 10.7. The van der Waals surface area contributed by atoms with Crippen LogP contribution in [0.1, 0.15) is 43.1 Å². The average Bonchev–Trinajstić information content (AvgIpc) is 3.04. The Hall–Kier alpha value is -1.81. The highest BCUT2D eigenvalue weighted by Gasteiger charge is 2.27. The molecule has 5 heteroatoms. The van der Waals surface area contributed by atoms with Crippen LogP contribution in [0.4, 0.5) is 0 Å². The number of halogens is 1. The second kappa shape index (κ2) is 6.53. The number of nitrogens with one attached hydrogen (secondary N) is 1. The summed E-state index contributed by atoms with van der Waals surface area (Å²) in [7, 11) is 0. The lowest BCUT2D eigenvalue weighted by Crippen LogP contribution is -2.43. The zero-order chi connectivity index (χ0) is 15.5. The summed E-state index contributed by atoms with van der Waals surface area (Å²) in [4.78, 5) is 14.7. The number of carbonyl (C=O) groups excluding carboxylic acids is 1. The third kappa shape index (κ3) is 2.88. The van der Waals surface area contributed by atoms with Gasteiger partial charge in [0.15, 0.2) is 0 Å². The van der Waals surface area contributed by atoms with E-state index in [0.717, 1.165) is 31.4 Å². The van der Waals surface area contributed by atoms with E-state index in [9.17, 15) is 4.79 Å². The lowest BCUT2D eigenvalue weighted by Gasteiger charge is -2.34. The summed E-state index contributed by atoms with van der Waals surface area (Å²) >= 11 is 6.19. The van der Waals surface area contributed by atoms with Crippen LogP contribution < -0.4 is 0 Å². The summed E-state index contributed by atoms with van der Waals surface area (Å²) in [5.41, 5.74) is 2.08. The summed E-state index contributed by atoms with van der Waals surface area (Å²) in [6, 6.07) is 9.66. The number of rotatable bonds is 3. The molecule has 0 aliphatic carbocycles. The third-order valence-corrected chi connectivity index (χ3v) is 4.65. The van der Waals surface area contributed by atoms with Gasteiger partial charge < -0.3 is 4.90 Å². The van der Waals surface area contributed by atoms with E-state index in [4.69, 9.17) is 11.6 Å². The van der Waals surface area contributed by atoms with Crippen LogP contribution in [0, 0.1) is 0 Å². The van der Waals surface area contributed by atoms with Gasteiger partial charge in [0.1, 0.15) is 5.69 Å². The van der Waals surface area contributed by atoms with Crippen molar-refractivity contribution in [2.75, 3.05) is 6.54 Å². The first-order valence-electron chi connectivity index (χ1n) is 7.82. The van der Waals surface area contributed by atoms with Crippen LogP contribution in [0.5, 0.6) is 0 Å². The molecule has 1 atom stereocenters. The minimum Gasteiger partial charge on any atom is -0.334 e. The Kier molecular flexibility index (Phi) is 4.48. The standard InChI is InChI=1S/C17H20ClN3O/c1-2-12-7-5-6-10-21(12)17(22)16-11-15(19-20-16)13-8-3-4-9-14(13)18/h3-4,8-9,11-12H,2,5-7,10H2,1H3,(H,19,20)/t12-/m1/s1. The van der Waals surface area contributed by atoms with Gasteiger partial charge in [-0.3, -0.25) is 9.89 Å². The van der Waals surface area contributed by atoms with Gasteiger partial charge in [0, 0.05) is 18.2 Å². The molecule has 22 heavy (non-hydrogen) atoms. The van der Waals surface area contributed by atoms with Crippen molar-refractivity contribution < 1.29 is 4.79 Å². The van der Waals surface area contributed by atoms with E-state index >= 15 is 0 Å². The lowest BCUT2D eigenvalue weighted by atomic mass is 9.99. The fourth-order valence-electron chi connectivity index (χ4n) is 3.09. The number of hydrogen-bond acceptors (Lipinski definition) is 2. The highest BCUT2D eigenvalue weighted by molar-refractivity contribution is 6.33. The van der Waals surface area contributed by atoms with Crippen LogP contribution in [-0.2, 0) is 0 Å². The van der Waals surface area contributed by atoms with Gasteiger partial charge in [-0.2, -0.15) is 5.10 Å². The van der Waals surface area contributed by atoms with Gasteiger partial charge in [0.2, 0.25) is 0 Å². The fourth-order valence-corrected chi connectivity index (χ4v) is 3.32. The zero-order valence-electron chi connectivity index (χ0n) is 12.7. The van der Waals surface area contributed by atoms with E-state index in [-0.39, 0.29) is 5.91 Å². The van der Waals surface area contributed by atoms with E-state index in [0.29, 0.717) is 22.5 Å². The molecule has 1 aromatic carbocycles. The summed E-state index contributed by atoms with van der Waals surface area (Å²) in [5.74, 6) is 0.0392. The number of amides is 1. The number of carbonyl (C=O) groups is 1. The molecule has 1 fully saturated rings. The van der Waals surface area contributed by atoms with Crippen LogP contribution in [0.25, 0.3) is 11.3 Å². The maximum absolute atomic E-state index is 12.7. The second-order valence-electron chi connectivity index (χ2n) is 5.70. The maximum Gasteiger partial charge on any atom is 0.272 e. The molecule has 1 N–H and O–H groups in total. The van der Waals surface area contributed by atoms with Crippen molar-refractivity contribution in [1.82, 2.24) is 15.1 Å². The Labute approximate surface area is 135 Å². The van der Waals surface area contributed by atoms with Gasteiger partial charge >= 0.3 is 0 Å². The average molecular weight is 318 g/mol. The zero-order valence-corrected chi connectivity index (χ0v) is 13.4. The molecule has 2 aromatic rings. The molecule has 0 bridgehead atoms. The van der Waals surface area contributed by atoms with E-state index in [2.05, 4.69) is 17.1 Å². The molecule has 0 radical (unpaired) electrons. The van der Waals surface area contributed by atoms with Crippen molar-refractivity contribution in [2.24, 2.45) is 0 Å². The monoisotopic (exact) mass is 317 g/mol. The third-order valence-electron chi connectivity index (χ3n) is 4.32. The number of aromatic nitrogens is 2. The first-order valence-corrected chi connectivity index (χ1v) is 8.19. The predicted molar refractivity (Wildman–Crippen MR) is 88.0 cm³/mol. The molecule has 4 nitrogen and oxygen atoms in total. The van der Waals surface area contributed by atoms with Crippen molar-refractivity contribution >= 4 is 17.5 Å². The maximum atomic E-state index is 12.7. The first kappa shape index (κ1) is 15.1. The van der Waals surface area contributed by atoms with Crippen molar-refractivity contribution in [3.05, 3.63) is 41.0 Å². The predicted octanol–water partition coefficient (Wildman–Crippen LogP) is 4.13. The highest BCUT2D eigenvalue weighted by Crippen LogP contribution is 2.27. The minimum absolute atomic E-state index is 0.0392. The Bertz CT molecular complexity index is 667. The number of likely N-dealkylation sites (tertiary alicyclic amines) is 1. The van der Waals surface area contributed by atoms with Gasteiger partial charge in [-0.25, -0.2) is 0 Å². The molecule has 116 valence electrons. The normalized spacial score (nSPS) is 18.5. The number of piperidine rings is 1. The molecule has 1 aromatic heterocycles. The largest absolute Gasteiger partial charge is 0.334 e. The Morgan fingerprint density at radius 1 is 1.41 bits per heavy atom.